The molecule has 3 fully saturated rings. The van der Waals surface area contributed by atoms with Crippen molar-refractivity contribution < 1.29 is 19.7 Å². The Morgan fingerprint density at radius 3 is 2.57 bits per heavy atom. The average Bonchev–Trinajstić information content (AvgIpc) is 3.32. The normalized spacial score (nSPS) is 32.8. The molecule has 8 heteroatoms. The average molecular weight is 406 g/mol. The molecular weight excluding hydrogens is 378 g/mol. The molecule has 5 atom stereocenters. The SMILES string of the molecule is COc1ccc(N2C(=S)N[C@H]3[C@@H](O)[C@H](O)C[C@@H](C(=O)NC4CCCC4)[C@@H]32)cc1. The number of carbonyl (C=O) groups is 1. The molecule has 1 amide bonds. The number of nitrogens with zero attached hydrogens (tertiary/aromatic N) is 1. The fourth-order valence-corrected chi connectivity index (χ4v) is 5.13. The molecule has 0 unspecified atom stereocenters. The van der Waals surface area contributed by atoms with E-state index in [9.17, 15) is 15.0 Å². The maximum atomic E-state index is 13.1. The number of ether oxygens (including phenoxy) is 1. The van der Waals surface area contributed by atoms with Crippen molar-refractivity contribution in [3.63, 3.8) is 0 Å². The molecule has 2 saturated carbocycles. The summed E-state index contributed by atoms with van der Waals surface area (Å²) in [5, 5.41) is 27.6. The summed E-state index contributed by atoms with van der Waals surface area (Å²) < 4.78 is 5.23. The lowest BCUT2D eigenvalue weighted by molar-refractivity contribution is -0.131. The van der Waals surface area contributed by atoms with Crippen molar-refractivity contribution in [2.75, 3.05) is 12.0 Å². The number of amides is 1. The van der Waals surface area contributed by atoms with Gasteiger partial charge in [-0.25, -0.2) is 0 Å². The van der Waals surface area contributed by atoms with Gasteiger partial charge in [-0.3, -0.25) is 4.79 Å². The van der Waals surface area contributed by atoms with Gasteiger partial charge in [0.05, 0.1) is 31.2 Å². The third-order valence-electron chi connectivity index (χ3n) is 6.23. The fourth-order valence-electron chi connectivity index (χ4n) is 4.76. The Bertz CT molecular complexity index is 737. The number of anilines is 1. The van der Waals surface area contributed by atoms with Crippen LogP contribution in [0, 0.1) is 5.92 Å². The van der Waals surface area contributed by atoms with Gasteiger partial charge in [0.25, 0.3) is 0 Å². The Morgan fingerprint density at radius 2 is 1.93 bits per heavy atom. The van der Waals surface area contributed by atoms with Crippen LogP contribution in [0.5, 0.6) is 5.75 Å². The zero-order valence-electron chi connectivity index (χ0n) is 15.9. The first kappa shape index (κ1) is 19.4. The number of rotatable bonds is 4. The number of benzene rings is 1. The molecule has 28 heavy (non-hydrogen) atoms. The van der Waals surface area contributed by atoms with Crippen molar-refractivity contribution in [1.29, 1.82) is 0 Å². The lowest BCUT2D eigenvalue weighted by Gasteiger charge is -2.41. The van der Waals surface area contributed by atoms with E-state index in [0.717, 1.165) is 37.1 Å². The van der Waals surface area contributed by atoms with Crippen LogP contribution in [0.2, 0.25) is 0 Å². The van der Waals surface area contributed by atoms with E-state index < -0.39 is 24.2 Å². The minimum absolute atomic E-state index is 0.0714. The maximum Gasteiger partial charge on any atom is 0.225 e. The van der Waals surface area contributed by atoms with Crippen LogP contribution in [0.25, 0.3) is 0 Å². The monoisotopic (exact) mass is 405 g/mol. The number of thiocarbonyl (C=S) groups is 1. The summed E-state index contributed by atoms with van der Waals surface area (Å²) in [7, 11) is 1.61. The smallest absolute Gasteiger partial charge is 0.225 e. The second-order valence-electron chi connectivity index (χ2n) is 7.92. The number of hydrogen-bond acceptors (Lipinski definition) is 5. The molecule has 2 aliphatic carbocycles. The Balaban J connectivity index is 1.63. The molecule has 1 heterocycles. The van der Waals surface area contributed by atoms with E-state index >= 15 is 0 Å². The molecule has 4 rings (SSSR count). The minimum Gasteiger partial charge on any atom is -0.497 e. The van der Waals surface area contributed by atoms with Gasteiger partial charge in [0.15, 0.2) is 5.11 Å². The predicted molar refractivity (Wildman–Crippen MR) is 109 cm³/mol. The van der Waals surface area contributed by atoms with Crippen molar-refractivity contribution >= 4 is 28.9 Å². The Labute approximate surface area is 170 Å². The molecule has 1 saturated heterocycles. The zero-order chi connectivity index (χ0) is 19.8. The number of aliphatic hydroxyl groups is 2. The van der Waals surface area contributed by atoms with Gasteiger partial charge in [-0.1, -0.05) is 12.8 Å². The maximum absolute atomic E-state index is 13.1. The Kier molecular flexibility index (Phi) is 5.44. The number of aliphatic hydroxyl groups excluding tert-OH is 2. The van der Waals surface area contributed by atoms with Gasteiger partial charge in [-0.2, -0.15) is 0 Å². The second kappa shape index (κ2) is 7.85. The Morgan fingerprint density at radius 1 is 1.25 bits per heavy atom. The molecule has 152 valence electrons. The highest BCUT2D eigenvalue weighted by atomic mass is 32.1. The van der Waals surface area contributed by atoms with Crippen molar-refractivity contribution in [2.24, 2.45) is 5.92 Å². The number of methoxy groups -OCH3 is 1. The van der Waals surface area contributed by atoms with Crippen LogP contribution in [0.3, 0.4) is 0 Å². The second-order valence-corrected chi connectivity index (χ2v) is 8.31. The van der Waals surface area contributed by atoms with Gasteiger partial charge in [0.2, 0.25) is 5.91 Å². The third-order valence-corrected chi connectivity index (χ3v) is 6.55. The van der Waals surface area contributed by atoms with Crippen LogP contribution in [-0.2, 0) is 4.79 Å². The molecule has 7 nitrogen and oxygen atoms in total. The molecule has 1 aliphatic heterocycles. The summed E-state index contributed by atoms with van der Waals surface area (Å²) in [4.78, 5) is 15.0. The van der Waals surface area contributed by atoms with E-state index in [4.69, 9.17) is 17.0 Å². The van der Waals surface area contributed by atoms with Crippen LogP contribution in [0.4, 0.5) is 5.69 Å². The largest absolute Gasteiger partial charge is 0.497 e. The minimum atomic E-state index is -0.985. The molecule has 1 aromatic rings. The van der Waals surface area contributed by atoms with E-state index in [2.05, 4.69) is 10.6 Å². The number of carbonyl (C=O) groups excluding carboxylic acids is 1. The summed E-state index contributed by atoms with van der Waals surface area (Å²) in [6, 6.07) is 6.79. The Hall–Kier alpha value is -1.90. The van der Waals surface area contributed by atoms with Gasteiger partial charge < -0.3 is 30.5 Å². The van der Waals surface area contributed by atoms with Gasteiger partial charge in [0.1, 0.15) is 11.9 Å². The number of fused-ring (bicyclic) bond motifs is 1. The highest BCUT2D eigenvalue weighted by Crippen LogP contribution is 2.37. The quantitative estimate of drug-likeness (QED) is 0.554. The predicted octanol–water partition coefficient (Wildman–Crippen LogP) is 0.927. The molecule has 0 radical (unpaired) electrons. The van der Waals surface area contributed by atoms with Crippen molar-refractivity contribution in [3.8, 4) is 5.75 Å². The lowest BCUT2D eigenvalue weighted by atomic mass is 9.77. The van der Waals surface area contributed by atoms with Crippen molar-refractivity contribution in [3.05, 3.63) is 24.3 Å². The first-order chi connectivity index (χ1) is 13.5. The first-order valence-corrected chi connectivity index (χ1v) is 10.3. The number of nitrogens with one attached hydrogen (secondary N) is 2. The summed E-state index contributed by atoms with van der Waals surface area (Å²) in [5.74, 6) is 0.185. The van der Waals surface area contributed by atoms with Crippen LogP contribution in [0.15, 0.2) is 24.3 Å². The van der Waals surface area contributed by atoms with E-state index in [0.29, 0.717) is 5.11 Å². The van der Waals surface area contributed by atoms with E-state index in [-0.39, 0.29) is 24.4 Å². The summed E-state index contributed by atoms with van der Waals surface area (Å²) in [6.45, 7) is 0. The molecule has 4 N–H and O–H groups in total. The van der Waals surface area contributed by atoms with Crippen molar-refractivity contribution in [1.82, 2.24) is 10.6 Å². The highest BCUT2D eigenvalue weighted by molar-refractivity contribution is 7.80. The fraction of sp³-hybridized carbons (Fsp3) is 0.600. The van der Waals surface area contributed by atoms with E-state index in [1.54, 1.807) is 7.11 Å². The lowest BCUT2D eigenvalue weighted by Crippen LogP contribution is -2.61. The molecule has 1 aromatic carbocycles. The topological polar surface area (TPSA) is 94.1 Å². The standard InChI is InChI=1S/C20H27N3O4S/c1-27-13-8-6-12(7-9-13)23-17-14(19(26)21-11-4-2-3-5-11)10-15(24)18(25)16(17)22-20(23)28/h6-9,11,14-18,24-25H,2-5,10H2,1H3,(H,21,26)(H,22,28)/t14-,15-,16-,17+,18+/m1/s1. The van der Waals surface area contributed by atoms with E-state index in [1.165, 1.54) is 0 Å². The molecule has 0 bridgehead atoms. The summed E-state index contributed by atoms with van der Waals surface area (Å²) in [6.07, 6.45) is 2.51. The van der Waals surface area contributed by atoms with E-state index in [1.807, 2.05) is 29.2 Å². The van der Waals surface area contributed by atoms with Crippen LogP contribution in [-0.4, -0.2) is 58.7 Å². The molecule has 3 aliphatic rings. The van der Waals surface area contributed by atoms with Gasteiger partial charge in [-0.05, 0) is 55.7 Å². The zero-order valence-corrected chi connectivity index (χ0v) is 16.7. The van der Waals surface area contributed by atoms with Crippen molar-refractivity contribution in [2.45, 2.75) is 62.4 Å². The molecular formula is C20H27N3O4S. The van der Waals surface area contributed by atoms with Gasteiger partial charge in [0, 0.05) is 11.7 Å². The van der Waals surface area contributed by atoms with Crippen LogP contribution >= 0.6 is 12.2 Å². The summed E-state index contributed by atoms with van der Waals surface area (Å²) >= 11 is 5.53. The van der Waals surface area contributed by atoms with Gasteiger partial charge in [-0.15, -0.1) is 0 Å². The van der Waals surface area contributed by atoms with Crippen LogP contribution < -0.4 is 20.3 Å². The first-order valence-electron chi connectivity index (χ1n) is 9.90. The van der Waals surface area contributed by atoms with Gasteiger partial charge >= 0.3 is 0 Å². The molecule has 0 aromatic heterocycles. The highest BCUT2D eigenvalue weighted by Gasteiger charge is 2.54. The number of hydrogen-bond donors (Lipinski definition) is 4. The van der Waals surface area contributed by atoms with Crippen LogP contribution in [0.1, 0.15) is 32.1 Å². The summed E-state index contributed by atoms with van der Waals surface area (Å²) in [5.41, 5.74) is 0.827. The molecule has 0 spiro atoms. The third kappa shape index (κ3) is 3.44.